The molecule has 3 aromatic rings. The van der Waals surface area contributed by atoms with Crippen LogP contribution < -0.4 is 5.32 Å². The molecule has 0 aliphatic carbocycles. The van der Waals surface area contributed by atoms with Crippen LogP contribution in [0.3, 0.4) is 0 Å². The first-order chi connectivity index (χ1) is 11.4. The van der Waals surface area contributed by atoms with E-state index in [9.17, 15) is 4.79 Å². The number of amides is 1. The highest BCUT2D eigenvalue weighted by molar-refractivity contribution is 7.13. The minimum absolute atomic E-state index is 0.223. The molecule has 0 unspecified atom stereocenters. The molecule has 0 aliphatic rings. The van der Waals surface area contributed by atoms with Crippen molar-refractivity contribution in [3.63, 3.8) is 0 Å². The molecule has 6 heteroatoms. The summed E-state index contributed by atoms with van der Waals surface area (Å²) in [5.74, 6) is 0.937. The third-order valence-electron chi connectivity index (χ3n) is 3.80. The van der Waals surface area contributed by atoms with Gasteiger partial charge in [0, 0.05) is 24.1 Å². The second-order valence-corrected chi connectivity index (χ2v) is 6.92. The molecule has 0 atom stereocenters. The van der Waals surface area contributed by atoms with Gasteiger partial charge in [-0.3, -0.25) is 9.48 Å². The Balaban J connectivity index is 1.77. The third kappa shape index (κ3) is 3.38. The lowest BCUT2D eigenvalue weighted by Gasteiger charge is -2.05. The Morgan fingerprint density at radius 3 is 2.54 bits per heavy atom. The summed E-state index contributed by atoms with van der Waals surface area (Å²) in [5.41, 5.74) is 3.60. The fraction of sp³-hybridized carbons (Fsp3) is 0.278. The summed E-state index contributed by atoms with van der Waals surface area (Å²) >= 11 is 1.47. The van der Waals surface area contributed by atoms with Gasteiger partial charge >= 0.3 is 0 Å². The van der Waals surface area contributed by atoms with Crippen molar-refractivity contribution in [2.24, 2.45) is 7.05 Å². The molecule has 0 saturated heterocycles. The summed E-state index contributed by atoms with van der Waals surface area (Å²) in [6.07, 6.45) is 0. The zero-order valence-electron chi connectivity index (χ0n) is 14.2. The topological polar surface area (TPSA) is 59.8 Å². The average molecular weight is 340 g/mol. The lowest BCUT2D eigenvalue weighted by atomic mass is 10.0. The molecule has 5 nitrogen and oxygen atoms in total. The first-order valence-corrected chi connectivity index (χ1v) is 8.70. The number of rotatable bonds is 4. The van der Waals surface area contributed by atoms with E-state index in [4.69, 9.17) is 0 Å². The summed E-state index contributed by atoms with van der Waals surface area (Å²) in [7, 11) is 1.80. The van der Waals surface area contributed by atoms with E-state index in [-0.39, 0.29) is 5.91 Å². The Bertz CT molecular complexity index is 862. The number of thiazole rings is 1. The molecular formula is C18H20N4OS. The number of nitrogens with zero attached hydrogens (tertiary/aromatic N) is 3. The van der Waals surface area contributed by atoms with Gasteiger partial charge in [0.15, 0.2) is 0 Å². The van der Waals surface area contributed by atoms with Crippen LogP contribution in [0.5, 0.6) is 0 Å². The van der Waals surface area contributed by atoms with Gasteiger partial charge in [-0.05, 0) is 18.4 Å². The molecule has 1 amide bonds. The molecule has 0 aliphatic heterocycles. The van der Waals surface area contributed by atoms with Crippen molar-refractivity contribution < 1.29 is 4.79 Å². The van der Waals surface area contributed by atoms with Crippen LogP contribution >= 0.6 is 11.3 Å². The lowest BCUT2D eigenvalue weighted by molar-refractivity contribution is 0.102. The first-order valence-electron chi connectivity index (χ1n) is 7.82. The molecule has 3 rings (SSSR count). The molecule has 124 valence electrons. The quantitative estimate of drug-likeness (QED) is 0.773. The number of benzene rings is 1. The fourth-order valence-corrected chi connectivity index (χ4v) is 3.24. The standard InChI is InChI=1S/C18H20N4OS/c1-11(2)13-5-7-14(8-6-13)18-19-15(10-24-18)17(23)20-16-9-12(3)21-22(16)4/h5-11H,1-4H3,(H,20,23). The van der Waals surface area contributed by atoms with Crippen LogP contribution in [-0.2, 0) is 7.05 Å². The molecule has 1 N–H and O–H groups in total. The van der Waals surface area contributed by atoms with Gasteiger partial charge in [0.1, 0.15) is 16.5 Å². The Labute approximate surface area is 145 Å². The Kier molecular flexibility index (Phi) is 4.49. The van der Waals surface area contributed by atoms with Crippen LogP contribution in [0.15, 0.2) is 35.7 Å². The van der Waals surface area contributed by atoms with E-state index >= 15 is 0 Å². The minimum Gasteiger partial charge on any atom is -0.305 e. The van der Waals surface area contributed by atoms with Crippen LogP contribution in [0.1, 0.15) is 41.5 Å². The second kappa shape index (κ2) is 6.57. The summed E-state index contributed by atoms with van der Waals surface area (Å²) < 4.78 is 1.64. The molecule has 2 aromatic heterocycles. The molecule has 24 heavy (non-hydrogen) atoms. The van der Waals surface area contributed by atoms with Gasteiger partial charge in [0.25, 0.3) is 5.91 Å². The third-order valence-corrected chi connectivity index (χ3v) is 4.70. The molecule has 0 saturated carbocycles. The highest BCUT2D eigenvalue weighted by atomic mass is 32.1. The van der Waals surface area contributed by atoms with Crippen molar-refractivity contribution in [1.29, 1.82) is 0 Å². The van der Waals surface area contributed by atoms with E-state index in [1.165, 1.54) is 16.9 Å². The summed E-state index contributed by atoms with van der Waals surface area (Å²) in [6.45, 7) is 6.22. The van der Waals surface area contributed by atoms with Crippen LogP contribution in [0, 0.1) is 6.92 Å². The van der Waals surface area contributed by atoms with Crippen molar-refractivity contribution in [2.45, 2.75) is 26.7 Å². The largest absolute Gasteiger partial charge is 0.305 e. The van der Waals surface area contributed by atoms with Gasteiger partial charge in [-0.25, -0.2) is 4.98 Å². The molecular weight excluding hydrogens is 320 g/mol. The van der Waals surface area contributed by atoms with Gasteiger partial charge in [0.2, 0.25) is 0 Å². The molecule has 1 aromatic carbocycles. The molecule has 0 spiro atoms. The number of aromatic nitrogens is 3. The monoisotopic (exact) mass is 340 g/mol. The van der Waals surface area contributed by atoms with Crippen molar-refractivity contribution in [3.05, 3.63) is 52.7 Å². The van der Waals surface area contributed by atoms with Crippen molar-refractivity contribution in [2.75, 3.05) is 5.32 Å². The lowest BCUT2D eigenvalue weighted by Crippen LogP contribution is -2.14. The predicted octanol–water partition coefficient (Wildman–Crippen LogP) is 4.23. The molecule has 0 bridgehead atoms. The predicted molar refractivity (Wildman–Crippen MR) is 97.5 cm³/mol. The van der Waals surface area contributed by atoms with Crippen molar-refractivity contribution in [3.8, 4) is 10.6 Å². The fourth-order valence-electron chi connectivity index (χ4n) is 2.43. The molecule has 2 heterocycles. The number of carbonyl (C=O) groups excluding carboxylic acids is 1. The van der Waals surface area contributed by atoms with E-state index in [0.717, 1.165) is 16.3 Å². The van der Waals surface area contributed by atoms with Gasteiger partial charge in [-0.2, -0.15) is 5.10 Å². The number of nitrogens with one attached hydrogen (secondary N) is 1. The van der Waals surface area contributed by atoms with Gasteiger partial charge < -0.3 is 5.32 Å². The number of hydrogen-bond donors (Lipinski definition) is 1. The Morgan fingerprint density at radius 1 is 1.25 bits per heavy atom. The van der Waals surface area contributed by atoms with Crippen LogP contribution in [0.2, 0.25) is 0 Å². The normalized spacial score (nSPS) is 11.0. The minimum atomic E-state index is -0.223. The van der Waals surface area contributed by atoms with E-state index in [0.29, 0.717) is 17.4 Å². The SMILES string of the molecule is Cc1cc(NC(=O)c2csc(-c3ccc(C(C)C)cc3)n2)n(C)n1. The molecule has 0 radical (unpaired) electrons. The summed E-state index contributed by atoms with van der Waals surface area (Å²) in [6, 6.07) is 10.2. The average Bonchev–Trinajstić information content (AvgIpc) is 3.15. The van der Waals surface area contributed by atoms with Gasteiger partial charge in [0.05, 0.1) is 5.69 Å². The second-order valence-electron chi connectivity index (χ2n) is 6.06. The molecule has 0 fully saturated rings. The van der Waals surface area contributed by atoms with Gasteiger partial charge in [-0.1, -0.05) is 38.1 Å². The highest BCUT2D eigenvalue weighted by Crippen LogP contribution is 2.26. The van der Waals surface area contributed by atoms with E-state index in [1.54, 1.807) is 17.1 Å². The number of hydrogen-bond acceptors (Lipinski definition) is 4. The number of aryl methyl sites for hydroxylation is 2. The maximum atomic E-state index is 12.4. The summed E-state index contributed by atoms with van der Waals surface area (Å²) in [4.78, 5) is 16.8. The van der Waals surface area contributed by atoms with Crippen LogP contribution in [-0.4, -0.2) is 20.7 Å². The maximum absolute atomic E-state index is 12.4. The first kappa shape index (κ1) is 16.4. The Hall–Kier alpha value is -2.47. The number of anilines is 1. The highest BCUT2D eigenvalue weighted by Gasteiger charge is 2.14. The zero-order chi connectivity index (χ0) is 17.3. The smallest absolute Gasteiger partial charge is 0.276 e. The van der Waals surface area contributed by atoms with E-state index in [2.05, 4.69) is 53.5 Å². The maximum Gasteiger partial charge on any atom is 0.276 e. The van der Waals surface area contributed by atoms with Gasteiger partial charge in [-0.15, -0.1) is 11.3 Å². The number of carbonyl (C=O) groups is 1. The van der Waals surface area contributed by atoms with Crippen molar-refractivity contribution >= 4 is 23.1 Å². The van der Waals surface area contributed by atoms with Crippen molar-refractivity contribution in [1.82, 2.24) is 14.8 Å². The van der Waals surface area contributed by atoms with E-state index in [1.807, 2.05) is 13.0 Å². The zero-order valence-corrected chi connectivity index (χ0v) is 15.0. The Morgan fingerprint density at radius 2 is 1.96 bits per heavy atom. The van der Waals surface area contributed by atoms with Crippen LogP contribution in [0.4, 0.5) is 5.82 Å². The van der Waals surface area contributed by atoms with E-state index < -0.39 is 0 Å². The summed E-state index contributed by atoms with van der Waals surface area (Å²) in [5, 5.41) is 9.69. The van der Waals surface area contributed by atoms with Crippen LogP contribution in [0.25, 0.3) is 10.6 Å².